The van der Waals surface area contributed by atoms with Gasteiger partial charge in [-0.1, -0.05) is 25.4 Å². The summed E-state index contributed by atoms with van der Waals surface area (Å²) in [7, 11) is -2.04. The Morgan fingerprint density at radius 2 is 1.89 bits per heavy atom. The molecule has 0 radical (unpaired) electrons. The predicted molar refractivity (Wildman–Crippen MR) is 152 cm³/mol. The van der Waals surface area contributed by atoms with Gasteiger partial charge in [-0.15, -0.1) is 0 Å². The Morgan fingerprint density at radius 3 is 2.50 bits per heavy atom. The zero-order chi connectivity index (χ0) is 26.3. The molecule has 0 saturated heterocycles. The van der Waals surface area contributed by atoms with E-state index in [1.165, 1.54) is 0 Å². The van der Waals surface area contributed by atoms with E-state index in [2.05, 4.69) is 20.4 Å². The quantitative estimate of drug-likeness (QED) is 0.188. The van der Waals surface area contributed by atoms with E-state index < -0.39 is 10.0 Å². The number of benzene rings is 2. The maximum atomic E-state index is 13.3. The van der Waals surface area contributed by atoms with E-state index in [9.17, 15) is 8.42 Å². The molecule has 36 heavy (non-hydrogen) atoms. The highest BCUT2D eigenvalue weighted by molar-refractivity contribution is 7.89. The van der Waals surface area contributed by atoms with Gasteiger partial charge in [0, 0.05) is 48.0 Å². The Labute approximate surface area is 223 Å². The van der Waals surface area contributed by atoms with Gasteiger partial charge >= 0.3 is 0 Å². The normalized spacial score (nSPS) is 11.9. The second-order valence-corrected chi connectivity index (χ2v) is 10.9. The third-order valence-corrected chi connectivity index (χ3v) is 7.97. The highest BCUT2D eigenvalue weighted by atomic mass is 35.5. The van der Waals surface area contributed by atoms with Gasteiger partial charge in [0.15, 0.2) is 5.11 Å². The molecule has 0 unspecified atom stereocenters. The fourth-order valence-electron chi connectivity index (χ4n) is 3.89. The zero-order valence-corrected chi connectivity index (χ0v) is 23.3. The number of anilines is 1. The van der Waals surface area contributed by atoms with Crippen LogP contribution in [-0.4, -0.2) is 48.8 Å². The first-order valence-electron chi connectivity index (χ1n) is 11.8. The number of ether oxygens (including phenoxy) is 1. The number of nitrogens with one attached hydrogen (secondary N) is 2. The van der Waals surface area contributed by atoms with Crippen LogP contribution in [0.15, 0.2) is 52.6 Å². The molecule has 11 heteroatoms. The smallest absolute Gasteiger partial charge is 0.243 e. The van der Waals surface area contributed by atoms with E-state index >= 15 is 0 Å². The molecule has 0 spiro atoms. The molecule has 2 N–H and O–H groups in total. The summed E-state index contributed by atoms with van der Waals surface area (Å²) in [5.74, 6) is 0.570. The molecule has 0 aliphatic heterocycles. The van der Waals surface area contributed by atoms with Crippen LogP contribution in [0.1, 0.15) is 39.2 Å². The minimum Gasteiger partial charge on any atom is -0.495 e. The van der Waals surface area contributed by atoms with Crippen LogP contribution < -0.4 is 15.5 Å². The van der Waals surface area contributed by atoms with E-state index in [0.717, 1.165) is 35.9 Å². The van der Waals surface area contributed by atoms with Crippen molar-refractivity contribution in [3.63, 3.8) is 0 Å². The Kier molecular flexibility index (Phi) is 9.72. The van der Waals surface area contributed by atoms with Gasteiger partial charge in [0.25, 0.3) is 0 Å². The second kappa shape index (κ2) is 12.5. The number of aromatic nitrogens is 1. The molecule has 0 fully saturated rings. The van der Waals surface area contributed by atoms with Crippen LogP contribution in [0.3, 0.4) is 0 Å². The van der Waals surface area contributed by atoms with Crippen molar-refractivity contribution in [2.24, 2.45) is 5.10 Å². The summed E-state index contributed by atoms with van der Waals surface area (Å²) in [5, 5.41) is 8.83. The minimum absolute atomic E-state index is 0.280. The topological polar surface area (TPSA) is 88.0 Å². The lowest BCUT2D eigenvalue weighted by Crippen LogP contribution is -2.32. The molecule has 8 nitrogen and oxygen atoms in total. The van der Waals surface area contributed by atoms with E-state index in [1.54, 1.807) is 48.0 Å². The molecule has 3 rings (SSSR count). The molecule has 0 aliphatic rings. The number of methoxy groups -OCH3 is 1. The number of rotatable bonds is 11. The minimum atomic E-state index is -3.59. The highest BCUT2D eigenvalue weighted by Crippen LogP contribution is 2.28. The largest absolute Gasteiger partial charge is 0.495 e. The van der Waals surface area contributed by atoms with Crippen molar-refractivity contribution in [2.75, 3.05) is 25.5 Å². The molecule has 0 saturated carbocycles. The van der Waals surface area contributed by atoms with Crippen molar-refractivity contribution in [2.45, 2.75) is 45.1 Å². The molecule has 1 heterocycles. The van der Waals surface area contributed by atoms with Crippen molar-refractivity contribution < 1.29 is 13.2 Å². The van der Waals surface area contributed by atoms with E-state index in [0.29, 0.717) is 29.5 Å². The number of nitrogens with zero attached hydrogens (tertiary/aromatic N) is 3. The van der Waals surface area contributed by atoms with Gasteiger partial charge in [-0.25, -0.2) is 8.42 Å². The maximum absolute atomic E-state index is 13.3. The summed E-state index contributed by atoms with van der Waals surface area (Å²) in [4.78, 5) is 0.280. The Balaban J connectivity index is 1.83. The van der Waals surface area contributed by atoms with Crippen LogP contribution in [0.5, 0.6) is 5.75 Å². The monoisotopic (exact) mass is 549 g/mol. The maximum Gasteiger partial charge on any atom is 0.243 e. The van der Waals surface area contributed by atoms with E-state index in [4.69, 9.17) is 28.6 Å². The van der Waals surface area contributed by atoms with E-state index in [1.807, 2.05) is 33.0 Å². The lowest BCUT2D eigenvalue weighted by atomic mass is 10.2. The highest BCUT2D eigenvalue weighted by Gasteiger charge is 2.24. The van der Waals surface area contributed by atoms with Gasteiger partial charge in [-0.2, -0.15) is 9.41 Å². The summed E-state index contributed by atoms with van der Waals surface area (Å²) in [6.07, 6.45) is 5.10. The summed E-state index contributed by atoms with van der Waals surface area (Å²) in [6.45, 7) is 7.71. The Bertz CT molecular complexity index is 1350. The average Bonchev–Trinajstić information content (AvgIpc) is 3.21. The summed E-state index contributed by atoms with van der Waals surface area (Å²) in [6, 6.07) is 10.5. The van der Waals surface area contributed by atoms with Gasteiger partial charge in [0.05, 0.1) is 23.2 Å². The van der Waals surface area contributed by atoms with Gasteiger partial charge in [-0.3, -0.25) is 5.43 Å². The van der Waals surface area contributed by atoms with Crippen LogP contribution in [0, 0.1) is 0 Å². The average molecular weight is 550 g/mol. The zero-order valence-electron chi connectivity index (χ0n) is 20.9. The molecule has 0 amide bonds. The van der Waals surface area contributed by atoms with Crippen LogP contribution in [0.2, 0.25) is 5.02 Å². The number of fused-ring (bicyclic) bond motifs is 1. The van der Waals surface area contributed by atoms with Gasteiger partial charge in [0.1, 0.15) is 5.75 Å². The number of sulfonamides is 1. The van der Waals surface area contributed by atoms with Crippen molar-refractivity contribution in [1.29, 1.82) is 0 Å². The molecule has 3 aromatic rings. The first-order chi connectivity index (χ1) is 17.2. The third kappa shape index (κ3) is 6.36. The number of halogens is 1. The third-order valence-electron chi connectivity index (χ3n) is 5.59. The lowest BCUT2D eigenvalue weighted by Gasteiger charge is -2.21. The van der Waals surface area contributed by atoms with Crippen LogP contribution >= 0.6 is 23.8 Å². The fourth-order valence-corrected chi connectivity index (χ4v) is 5.97. The van der Waals surface area contributed by atoms with Crippen molar-refractivity contribution >= 4 is 61.8 Å². The number of hydrogen-bond acceptors (Lipinski definition) is 5. The molecule has 0 bridgehead atoms. The molecular weight excluding hydrogens is 518 g/mol. The number of hydrogen-bond donors (Lipinski definition) is 2. The van der Waals surface area contributed by atoms with Gasteiger partial charge < -0.3 is 14.6 Å². The second-order valence-electron chi connectivity index (χ2n) is 8.13. The number of thiocarbonyl (C=S) groups is 1. The molecule has 194 valence electrons. The Hall–Kier alpha value is -2.66. The first kappa shape index (κ1) is 27.9. The van der Waals surface area contributed by atoms with Gasteiger partial charge in [0.2, 0.25) is 10.0 Å². The standard InChI is InChI=1S/C25H32ClN5O3S2/c1-5-12-31(13-6-2)36(32,33)20-9-10-23-21(15-20)18(17-30(23)7-3)16-27-29-25(35)28-19-8-11-24(34-4)22(26)14-19/h8-11,14-17H,5-7,12-13H2,1-4H3,(H2,28,29,35)/b27-16-. The number of hydrazone groups is 1. The summed E-state index contributed by atoms with van der Waals surface area (Å²) >= 11 is 11.5. The number of aryl methyl sites for hydroxylation is 1. The molecule has 0 aliphatic carbocycles. The van der Waals surface area contributed by atoms with Crippen LogP contribution in [-0.2, 0) is 16.6 Å². The SMILES string of the molecule is CCCN(CCC)S(=O)(=O)c1ccc2c(c1)c(/C=N\NC(=S)Nc1ccc(OC)c(Cl)c1)cn2CC. The molecular formula is C25H32ClN5O3S2. The Morgan fingerprint density at radius 1 is 1.17 bits per heavy atom. The molecule has 2 aromatic carbocycles. The molecule has 1 aromatic heterocycles. The fraction of sp³-hybridized carbons (Fsp3) is 0.360. The van der Waals surface area contributed by atoms with Crippen LogP contribution in [0.25, 0.3) is 10.9 Å². The van der Waals surface area contributed by atoms with Crippen molar-refractivity contribution in [3.8, 4) is 5.75 Å². The lowest BCUT2D eigenvalue weighted by molar-refractivity contribution is 0.410. The molecule has 0 atom stereocenters. The predicted octanol–water partition coefficient (Wildman–Crippen LogP) is 5.45. The summed E-state index contributed by atoms with van der Waals surface area (Å²) < 4.78 is 35.4. The summed E-state index contributed by atoms with van der Waals surface area (Å²) in [5.41, 5.74) is 5.20. The first-order valence-corrected chi connectivity index (χ1v) is 14.0. The van der Waals surface area contributed by atoms with Crippen molar-refractivity contribution in [1.82, 2.24) is 14.3 Å². The van der Waals surface area contributed by atoms with Gasteiger partial charge in [-0.05, 0) is 68.4 Å². The van der Waals surface area contributed by atoms with Crippen molar-refractivity contribution in [3.05, 3.63) is 53.2 Å². The van der Waals surface area contributed by atoms with E-state index in [-0.39, 0.29) is 10.0 Å². The van der Waals surface area contributed by atoms with Crippen LogP contribution in [0.4, 0.5) is 5.69 Å².